The van der Waals surface area contributed by atoms with E-state index in [-0.39, 0.29) is 12.5 Å². The molecule has 1 amide bonds. The highest BCUT2D eigenvalue weighted by Gasteiger charge is 2.16. The molecule has 0 aliphatic rings. The molecule has 0 aliphatic carbocycles. The lowest BCUT2D eigenvalue weighted by molar-refractivity contribution is 0.0776. The molecule has 2 aromatic heterocycles. The minimum Gasteiger partial charge on any atom is -0.384 e. The number of thiophene rings is 1. The Labute approximate surface area is 132 Å². The fourth-order valence-corrected chi connectivity index (χ4v) is 2.95. The summed E-state index contributed by atoms with van der Waals surface area (Å²) in [6, 6.07) is 3.58. The summed E-state index contributed by atoms with van der Waals surface area (Å²) in [7, 11) is 3.54. The van der Waals surface area contributed by atoms with Crippen molar-refractivity contribution >= 4 is 28.8 Å². The molecule has 0 saturated heterocycles. The molecule has 0 aromatic carbocycles. The Morgan fingerprint density at radius 1 is 1.52 bits per heavy atom. The molecule has 4 nitrogen and oxygen atoms in total. The number of amides is 1. The second-order valence-corrected chi connectivity index (χ2v) is 5.94. The van der Waals surface area contributed by atoms with Gasteiger partial charge >= 0.3 is 0 Å². The van der Waals surface area contributed by atoms with Gasteiger partial charge in [0.1, 0.15) is 12.3 Å². The molecule has 1 N–H and O–H groups in total. The molecule has 110 valence electrons. The van der Waals surface area contributed by atoms with Gasteiger partial charge in [0.25, 0.3) is 5.91 Å². The van der Waals surface area contributed by atoms with E-state index >= 15 is 0 Å². The maximum absolute atomic E-state index is 12.4. The van der Waals surface area contributed by atoms with E-state index in [0.717, 1.165) is 10.4 Å². The maximum Gasteiger partial charge on any atom is 0.270 e. The Bertz CT molecular complexity index is 709. The third kappa shape index (κ3) is 3.88. The van der Waals surface area contributed by atoms with Crippen LogP contribution in [0.15, 0.2) is 23.7 Å². The zero-order valence-corrected chi connectivity index (χ0v) is 13.3. The highest BCUT2D eigenvalue weighted by molar-refractivity contribution is 7.10. The van der Waals surface area contributed by atoms with Crippen molar-refractivity contribution in [2.24, 2.45) is 7.05 Å². The van der Waals surface area contributed by atoms with Gasteiger partial charge in [0.15, 0.2) is 0 Å². The first-order valence-corrected chi connectivity index (χ1v) is 7.51. The molecular weight excluding hydrogens is 308 g/mol. The number of carbonyl (C=O) groups excluding carboxylic acids is 1. The van der Waals surface area contributed by atoms with Gasteiger partial charge in [-0.25, -0.2) is 0 Å². The van der Waals surface area contributed by atoms with Crippen molar-refractivity contribution in [1.82, 2.24) is 9.47 Å². The van der Waals surface area contributed by atoms with Crippen LogP contribution >= 0.6 is 22.9 Å². The van der Waals surface area contributed by atoms with Crippen molar-refractivity contribution in [2.45, 2.75) is 6.54 Å². The van der Waals surface area contributed by atoms with Gasteiger partial charge in [-0.3, -0.25) is 4.79 Å². The average molecular weight is 323 g/mol. The molecule has 2 aromatic rings. The Balaban J connectivity index is 2.07. The third-order valence-electron chi connectivity index (χ3n) is 2.90. The summed E-state index contributed by atoms with van der Waals surface area (Å²) in [6.45, 7) is 0.346. The molecule has 0 aliphatic heterocycles. The number of hydrogen-bond donors (Lipinski definition) is 1. The van der Waals surface area contributed by atoms with Crippen LogP contribution in [-0.2, 0) is 13.6 Å². The molecule has 0 radical (unpaired) electrons. The van der Waals surface area contributed by atoms with E-state index in [1.54, 1.807) is 35.8 Å². The van der Waals surface area contributed by atoms with Gasteiger partial charge in [-0.15, -0.1) is 11.3 Å². The van der Waals surface area contributed by atoms with E-state index in [0.29, 0.717) is 17.3 Å². The molecule has 21 heavy (non-hydrogen) atoms. The fraction of sp³-hybridized carbons (Fsp3) is 0.267. The molecule has 2 heterocycles. The summed E-state index contributed by atoms with van der Waals surface area (Å²) in [5, 5.41) is 11.2. The second kappa shape index (κ2) is 6.81. The normalized spacial score (nSPS) is 10.1. The molecule has 0 fully saturated rings. The van der Waals surface area contributed by atoms with Crippen molar-refractivity contribution in [1.29, 1.82) is 0 Å². The Hall–Kier alpha value is -1.74. The van der Waals surface area contributed by atoms with Crippen molar-refractivity contribution in [2.75, 3.05) is 13.7 Å². The fourth-order valence-electron chi connectivity index (χ4n) is 1.93. The van der Waals surface area contributed by atoms with Crippen LogP contribution in [0.1, 0.15) is 20.9 Å². The Morgan fingerprint density at radius 2 is 2.29 bits per heavy atom. The molecule has 0 bridgehead atoms. The van der Waals surface area contributed by atoms with Crippen molar-refractivity contribution in [3.63, 3.8) is 0 Å². The topological polar surface area (TPSA) is 45.5 Å². The van der Waals surface area contributed by atoms with Crippen molar-refractivity contribution < 1.29 is 9.90 Å². The number of halogens is 1. The number of hydrogen-bond acceptors (Lipinski definition) is 3. The highest BCUT2D eigenvalue weighted by Crippen LogP contribution is 2.18. The van der Waals surface area contributed by atoms with Gasteiger partial charge in [0, 0.05) is 26.8 Å². The molecule has 0 atom stereocenters. The SMILES string of the molecule is CN(Cc1csc(C#CCO)c1)C(=O)c1cc(Cl)cn1C. The lowest BCUT2D eigenvalue weighted by Crippen LogP contribution is -2.27. The maximum atomic E-state index is 12.4. The lowest BCUT2D eigenvalue weighted by Gasteiger charge is -2.16. The first-order chi connectivity index (χ1) is 10.0. The summed E-state index contributed by atoms with van der Waals surface area (Å²) in [5.74, 6) is 5.38. The van der Waals surface area contributed by atoms with Crippen LogP contribution in [0, 0.1) is 11.8 Å². The van der Waals surface area contributed by atoms with Crippen LogP contribution in [0.25, 0.3) is 0 Å². The largest absolute Gasteiger partial charge is 0.384 e. The molecule has 6 heteroatoms. The third-order valence-corrected chi connectivity index (χ3v) is 4.00. The predicted molar refractivity (Wildman–Crippen MR) is 84.5 cm³/mol. The van der Waals surface area contributed by atoms with Gasteiger partial charge in [0.2, 0.25) is 0 Å². The molecule has 2 rings (SSSR count). The van der Waals surface area contributed by atoms with E-state index in [1.165, 1.54) is 11.3 Å². The van der Waals surface area contributed by atoms with E-state index in [2.05, 4.69) is 11.8 Å². The van der Waals surface area contributed by atoms with E-state index in [1.807, 2.05) is 11.4 Å². The van der Waals surface area contributed by atoms with E-state index in [4.69, 9.17) is 16.7 Å². The summed E-state index contributed by atoms with van der Waals surface area (Å²) in [6.07, 6.45) is 1.70. The van der Waals surface area contributed by atoms with Gasteiger partial charge < -0.3 is 14.6 Å². The number of carbonyl (C=O) groups is 1. The Kier molecular flexibility index (Phi) is 5.07. The standard InChI is InChI=1S/C15H15ClN2O2S/c1-17-9-12(16)7-14(17)15(20)18(2)8-11-6-13(21-10-11)4-3-5-19/h6-7,9-10,19H,5,8H2,1-2H3. The summed E-state index contributed by atoms with van der Waals surface area (Å²) >= 11 is 7.40. The van der Waals surface area contributed by atoms with E-state index in [9.17, 15) is 4.79 Å². The van der Waals surface area contributed by atoms with Crippen LogP contribution in [0.2, 0.25) is 5.02 Å². The van der Waals surface area contributed by atoms with Crippen LogP contribution in [0.5, 0.6) is 0 Å². The van der Waals surface area contributed by atoms with Gasteiger partial charge in [-0.1, -0.05) is 23.4 Å². The minimum atomic E-state index is -0.153. The smallest absolute Gasteiger partial charge is 0.270 e. The van der Waals surface area contributed by atoms with Crippen LogP contribution in [0.3, 0.4) is 0 Å². The summed E-state index contributed by atoms with van der Waals surface area (Å²) in [5.41, 5.74) is 1.57. The second-order valence-electron chi connectivity index (χ2n) is 4.59. The highest BCUT2D eigenvalue weighted by atomic mass is 35.5. The monoisotopic (exact) mass is 322 g/mol. The summed E-state index contributed by atoms with van der Waals surface area (Å²) in [4.78, 5) is 14.9. The van der Waals surface area contributed by atoms with Crippen LogP contribution in [-0.4, -0.2) is 34.1 Å². The number of aliphatic hydroxyl groups excluding tert-OH is 1. The van der Waals surface area contributed by atoms with Gasteiger partial charge in [0.05, 0.1) is 9.90 Å². The number of aryl methyl sites for hydroxylation is 1. The zero-order chi connectivity index (χ0) is 15.4. The molecule has 0 unspecified atom stereocenters. The van der Waals surface area contributed by atoms with Crippen LogP contribution < -0.4 is 0 Å². The van der Waals surface area contributed by atoms with Crippen molar-refractivity contribution in [3.05, 3.63) is 44.9 Å². The quantitative estimate of drug-likeness (QED) is 0.882. The number of aromatic nitrogens is 1. The molecular formula is C15H15ClN2O2S. The Morgan fingerprint density at radius 3 is 2.90 bits per heavy atom. The van der Waals surface area contributed by atoms with Crippen LogP contribution in [0.4, 0.5) is 0 Å². The molecule has 0 saturated carbocycles. The van der Waals surface area contributed by atoms with Gasteiger partial charge in [-0.05, 0) is 23.1 Å². The summed E-state index contributed by atoms with van der Waals surface area (Å²) < 4.78 is 1.72. The average Bonchev–Trinajstić information content (AvgIpc) is 3.02. The lowest BCUT2D eigenvalue weighted by atomic mass is 10.2. The van der Waals surface area contributed by atoms with Crippen molar-refractivity contribution in [3.8, 4) is 11.8 Å². The predicted octanol–water partition coefficient (Wildman–Crippen LogP) is 2.36. The number of aliphatic hydroxyl groups is 1. The first kappa shape index (κ1) is 15.6. The zero-order valence-electron chi connectivity index (χ0n) is 11.8. The first-order valence-electron chi connectivity index (χ1n) is 6.25. The van der Waals surface area contributed by atoms with Gasteiger partial charge in [-0.2, -0.15) is 0 Å². The number of rotatable bonds is 3. The molecule has 0 spiro atoms. The number of nitrogens with zero attached hydrogens (tertiary/aromatic N) is 2. The van der Waals surface area contributed by atoms with E-state index < -0.39 is 0 Å². The minimum absolute atomic E-state index is 0.0846.